The second kappa shape index (κ2) is 7.55. The first-order valence-electron chi connectivity index (χ1n) is 8.79. The molecule has 2 aromatic heterocycles. The van der Waals surface area contributed by atoms with E-state index in [4.69, 9.17) is 4.74 Å². The molecule has 3 aromatic rings. The Morgan fingerprint density at radius 1 is 1.23 bits per heavy atom. The molecule has 1 unspecified atom stereocenters. The summed E-state index contributed by atoms with van der Waals surface area (Å²) in [5, 5.41) is 7.32. The number of hydrogen-bond donors (Lipinski definition) is 2. The van der Waals surface area contributed by atoms with E-state index in [1.54, 1.807) is 9.13 Å². The first kappa shape index (κ1) is 17.2. The molecule has 4 rings (SSSR count). The summed E-state index contributed by atoms with van der Waals surface area (Å²) in [6.45, 7) is 1.93. The summed E-state index contributed by atoms with van der Waals surface area (Å²) in [5.74, 6) is 0.766. The molecule has 1 aliphatic heterocycles. The Morgan fingerprint density at radius 3 is 2.96 bits per heavy atom. The number of rotatable bonds is 7. The number of H-pyrrole nitrogens is 2. The maximum atomic E-state index is 12.1. The van der Waals surface area contributed by atoms with Gasteiger partial charge < -0.3 is 9.72 Å². The number of aryl methyl sites for hydroxylation is 1. The van der Waals surface area contributed by atoms with E-state index in [1.165, 1.54) is 11.8 Å². The van der Waals surface area contributed by atoms with Crippen molar-refractivity contribution >= 4 is 22.8 Å². The highest BCUT2D eigenvalue weighted by Gasteiger charge is 2.19. The van der Waals surface area contributed by atoms with Crippen LogP contribution in [0.5, 0.6) is 0 Å². The minimum atomic E-state index is -0.198. The number of benzene rings is 1. The summed E-state index contributed by atoms with van der Waals surface area (Å²) < 4.78 is 9.01. The normalized spacial score (nSPS) is 17.3. The molecule has 1 fully saturated rings. The number of aromatic amines is 2. The van der Waals surface area contributed by atoms with E-state index in [2.05, 4.69) is 15.2 Å². The molecule has 0 spiro atoms. The summed E-state index contributed by atoms with van der Waals surface area (Å²) in [4.78, 5) is 26.9. The quantitative estimate of drug-likeness (QED) is 0.483. The molecule has 0 aliphatic carbocycles. The van der Waals surface area contributed by atoms with Crippen molar-refractivity contribution in [3.05, 3.63) is 45.2 Å². The van der Waals surface area contributed by atoms with Gasteiger partial charge in [-0.15, -0.1) is 5.10 Å². The van der Waals surface area contributed by atoms with E-state index >= 15 is 0 Å². The predicted octanol–water partition coefficient (Wildman–Crippen LogP) is 1.58. The van der Waals surface area contributed by atoms with Gasteiger partial charge in [-0.05, 0) is 31.4 Å². The van der Waals surface area contributed by atoms with E-state index in [-0.39, 0.29) is 17.5 Å². The number of para-hydroxylation sites is 2. The van der Waals surface area contributed by atoms with Crippen LogP contribution in [0.15, 0.2) is 39.0 Å². The highest BCUT2D eigenvalue weighted by molar-refractivity contribution is 7.99. The first-order valence-corrected chi connectivity index (χ1v) is 9.78. The molecule has 0 saturated carbocycles. The maximum absolute atomic E-state index is 12.1. The Bertz CT molecular complexity index is 996. The molecule has 1 aliphatic rings. The van der Waals surface area contributed by atoms with Crippen molar-refractivity contribution in [3.63, 3.8) is 0 Å². The van der Waals surface area contributed by atoms with Gasteiger partial charge in [0.25, 0.3) is 0 Å². The van der Waals surface area contributed by atoms with Crippen LogP contribution < -0.4 is 11.4 Å². The molecule has 1 saturated heterocycles. The van der Waals surface area contributed by atoms with Crippen LogP contribution in [-0.2, 0) is 17.8 Å². The molecule has 0 bridgehead atoms. The van der Waals surface area contributed by atoms with Crippen molar-refractivity contribution in [2.24, 2.45) is 0 Å². The molecular formula is C17H21N5O3S. The minimum Gasteiger partial charge on any atom is -0.376 e. The van der Waals surface area contributed by atoms with Gasteiger partial charge in [0.2, 0.25) is 0 Å². The van der Waals surface area contributed by atoms with Crippen LogP contribution in [0.1, 0.15) is 19.3 Å². The fourth-order valence-electron chi connectivity index (χ4n) is 3.28. The zero-order valence-corrected chi connectivity index (χ0v) is 15.1. The fourth-order valence-corrected chi connectivity index (χ4v) is 4.16. The number of fused-ring (bicyclic) bond motifs is 1. The Morgan fingerprint density at radius 2 is 2.12 bits per heavy atom. The SMILES string of the molecule is O=c1[nH]nc(SCCCn2c(=O)[nH]c3ccccc32)n1CC1CCCO1. The van der Waals surface area contributed by atoms with Crippen molar-refractivity contribution < 1.29 is 4.74 Å². The molecule has 1 aromatic carbocycles. The van der Waals surface area contributed by atoms with Gasteiger partial charge in [-0.2, -0.15) is 0 Å². The van der Waals surface area contributed by atoms with Crippen molar-refractivity contribution in [1.82, 2.24) is 24.3 Å². The zero-order chi connectivity index (χ0) is 17.9. The van der Waals surface area contributed by atoms with Crippen molar-refractivity contribution in [2.45, 2.75) is 43.6 Å². The lowest BCUT2D eigenvalue weighted by atomic mass is 10.2. The lowest BCUT2D eigenvalue weighted by Gasteiger charge is -2.11. The highest BCUT2D eigenvalue weighted by Crippen LogP contribution is 2.19. The standard InChI is InChI=1S/C17H21N5O3S/c23-15-18-13-6-1-2-7-14(13)21(15)8-4-10-26-17-20-19-16(24)22(17)11-12-5-3-9-25-12/h1-2,6-7,12H,3-5,8-11H2,(H,18,23)(H,19,24). The van der Waals surface area contributed by atoms with Gasteiger partial charge in [-0.25, -0.2) is 14.7 Å². The summed E-state index contributed by atoms with van der Waals surface area (Å²) in [7, 11) is 0. The van der Waals surface area contributed by atoms with Crippen molar-refractivity contribution in [1.29, 1.82) is 0 Å². The molecule has 0 amide bonds. The number of thioether (sulfide) groups is 1. The summed E-state index contributed by atoms with van der Waals surface area (Å²) in [6, 6.07) is 7.67. The molecule has 2 N–H and O–H groups in total. The number of nitrogens with one attached hydrogen (secondary N) is 2. The van der Waals surface area contributed by atoms with Crippen LogP contribution in [0.2, 0.25) is 0 Å². The second-order valence-electron chi connectivity index (χ2n) is 6.36. The van der Waals surface area contributed by atoms with Crippen LogP contribution in [-0.4, -0.2) is 42.8 Å². The molecule has 3 heterocycles. The van der Waals surface area contributed by atoms with Crippen LogP contribution in [0, 0.1) is 0 Å². The van der Waals surface area contributed by atoms with E-state index in [9.17, 15) is 9.59 Å². The summed E-state index contributed by atoms with van der Waals surface area (Å²) in [6.07, 6.45) is 2.91. The molecule has 138 valence electrons. The second-order valence-corrected chi connectivity index (χ2v) is 7.42. The smallest absolute Gasteiger partial charge is 0.344 e. The number of nitrogens with zero attached hydrogens (tertiary/aromatic N) is 3. The van der Waals surface area contributed by atoms with E-state index in [0.29, 0.717) is 18.2 Å². The average Bonchev–Trinajstić information content (AvgIpc) is 3.34. The molecule has 8 nitrogen and oxygen atoms in total. The average molecular weight is 375 g/mol. The van der Waals surface area contributed by atoms with Crippen molar-refractivity contribution in [2.75, 3.05) is 12.4 Å². The van der Waals surface area contributed by atoms with Crippen LogP contribution >= 0.6 is 11.8 Å². The lowest BCUT2D eigenvalue weighted by molar-refractivity contribution is 0.0941. The monoisotopic (exact) mass is 375 g/mol. The summed E-state index contributed by atoms with van der Waals surface area (Å²) in [5.41, 5.74) is 1.47. The minimum absolute atomic E-state index is 0.0914. The third kappa shape index (κ3) is 3.49. The van der Waals surface area contributed by atoms with Crippen LogP contribution in [0.4, 0.5) is 0 Å². The van der Waals surface area contributed by atoms with Crippen molar-refractivity contribution in [3.8, 4) is 0 Å². The Balaban J connectivity index is 1.37. The largest absolute Gasteiger partial charge is 0.376 e. The van der Waals surface area contributed by atoms with Gasteiger partial charge in [0.05, 0.1) is 23.7 Å². The van der Waals surface area contributed by atoms with Gasteiger partial charge in [-0.3, -0.25) is 9.13 Å². The van der Waals surface area contributed by atoms with Gasteiger partial charge in [0.1, 0.15) is 0 Å². The van der Waals surface area contributed by atoms with E-state index < -0.39 is 0 Å². The highest BCUT2D eigenvalue weighted by atomic mass is 32.2. The Labute approximate surface area is 153 Å². The maximum Gasteiger partial charge on any atom is 0.344 e. The van der Waals surface area contributed by atoms with Gasteiger partial charge in [0.15, 0.2) is 5.16 Å². The number of imidazole rings is 1. The predicted molar refractivity (Wildman–Crippen MR) is 99.7 cm³/mol. The van der Waals surface area contributed by atoms with Gasteiger partial charge in [0, 0.05) is 18.9 Å². The zero-order valence-electron chi connectivity index (χ0n) is 14.3. The van der Waals surface area contributed by atoms with Crippen LogP contribution in [0.3, 0.4) is 0 Å². The molecule has 0 radical (unpaired) electrons. The van der Waals surface area contributed by atoms with Gasteiger partial charge in [-0.1, -0.05) is 23.9 Å². The number of aromatic nitrogens is 5. The molecule has 26 heavy (non-hydrogen) atoms. The fraction of sp³-hybridized carbons (Fsp3) is 0.471. The lowest BCUT2D eigenvalue weighted by Crippen LogP contribution is -2.25. The molecular weight excluding hydrogens is 354 g/mol. The number of hydrogen-bond acceptors (Lipinski definition) is 5. The topological polar surface area (TPSA) is 97.7 Å². The Hall–Kier alpha value is -2.26. The molecule has 1 atom stereocenters. The first-order chi connectivity index (χ1) is 12.7. The third-order valence-corrected chi connectivity index (χ3v) is 5.63. The van der Waals surface area contributed by atoms with E-state index in [1.807, 2.05) is 24.3 Å². The van der Waals surface area contributed by atoms with Crippen LogP contribution in [0.25, 0.3) is 11.0 Å². The Kier molecular flexibility index (Phi) is 4.98. The van der Waals surface area contributed by atoms with Gasteiger partial charge >= 0.3 is 11.4 Å². The number of ether oxygens (including phenoxy) is 1. The third-order valence-electron chi connectivity index (χ3n) is 4.57. The van der Waals surface area contributed by atoms with E-state index in [0.717, 1.165) is 42.7 Å². The molecule has 9 heteroatoms. The summed E-state index contributed by atoms with van der Waals surface area (Å²) >= 11 is 1.52.